The Labute approximate surface area is 316 Å². The highest BCUT2D eigenvalue weighted by molar-refractivity contribution is 7.26. The highest BCUT2D eigenvalue weighted by Crippen LogP contribution is 2.46. The van der Waals surface area contributed by atoms with Crippen LogP contribution in [0, 0.1) is 0 Å². The number of hydrogen-bond donors (Lipinski definition) is 0. The number of benzene rings is 8. The largest absolute Gasteiger partial charge is 0.208 e. The molecule has 0 N–H and O–H groups in total. The van der Waals surface area contributed by atoms with Gasteiger partial charge in [-0.15, -0.1) is 11.3 Å². The summed E-state index contributed by atoms with van der Waals surface area (Å²) in [6.45, 7) is 0. The minimum Gasteiger partial charge on any atom is -0.208 e. The minimum absolute atomic E-state index is 0.661. The van der Waals surface area contributed by atoms with Gasteiger partial charge in [-0.3, -0.25) is 0 Å². The Kier molecular flexibility index (Phi) is 7.10. The fourth-order valence-electron chi connectivity index (χ4n) is 8.12. The molecule has 0 amide bonds. The number of aromatic nitrogens is 3. The van der Waals surface area contributed by atoms with Crippen molar-refractivity contribution in [1.29, 1.82) is 0 Å². The van der Waals surface area contributed by atoms with Crippen molar-refractivity contribution in [2.24, 2.45) is 0 Å². The molecule has 0 saturated heterocycles. The molecule has 3 nitrogen and oxygen atoms in total. The second-order valence-corrected chi connectivity index (χ2v) is 15.0. The van der Waals surface area contributed by atoms with Gasteiger partial charge >= 0.3 is 0 Å². The highest BCUT2D eigenvalue weighted by Gasteiger charge is 2.25. The minimum atomic E-state index is 0.661. The van der Waals surface area contributed by atoms with Gasteiger partial charge in [0.2, 0.25) is 0 Å². The topological polar surface area (TPSA) is 38.7 Å². The van der Waals surface area contributed by atoms with Crippen molar-refractivity contribution in [2.45, 2.75) is 6.42 Å². The molecule has 0 saturated carbocycles. The van der Waals surface area contributed by atoms with Crippen molar-refractivity contribution >= 4 is 42.3 Å². The van der Waals surface area contributed by atoms with Crippen molar-refractivity contribution in [3.63, 3.8) is 0 Å². The Morgan fingerprint density at radius 2 is 1.02 bits per heavy atom. The molecule has 4 heteroatoms. The highest BCUT2D eigenvalue weighted by atomic mass is 32.1. The number of rotatable bonds is 5. The average molecular weight is 706 g/mol. The van der Waals surface area contributed by atoms with E-state index in [4.69, 9.17) is 15.0 Å². The molecule has 54 heavy (non-hydrogen) atoms. The average Bonchev–Trinajstić information content (AvgIpc) is 3.82. The van der Waals surface area contributed by atoms with E-state index in [1.165, 1.54) is 70.1 Å². The molecule has 10 aromatic rings. The molecule has 0 aliphatic heterocycles. The summed E-state index contributed by atoms with van der Waals surface area (Å²) in [6, 6.07) is 62.9. The molecule has 2 heterocycles. The molecule has 11 rings (SSSR count). The third-order valence-corrected chi connectivity index (χ3v) is 12.0. The van der Waals surface area contributed by atoms with Gasteiger partial charge in [-0.2, -0.15) is 0 Å². The van der Waals surface area contributed by atoms with Gasteiger partial charge in [-0.05, 0) is 79.9 Å². The van der Waals surface area contributed by atoms with E-state index in [-0.39, 0.29) is 0 Å². The third-order valence-electron chi connectivity index (χ3n) is 10.7. The standard InChI is InChI=1S/C50H31N3S/c1-3-11-31(12-4-1)34-23-21-32-22-24-37(30-38(32)27-34)49-51-48(33-13-5-2-6-14-33)52-50(53-49)44-19-9-15-36-29-39-28-35(25-26-40(39)46(36)44)41-17-10-18-43-42-16-7-8-20-45(42)54-47(41)43/h1-28,30H,29H2. The van der Waals surface area contributed by atoms with Gasteiger partial charge in [0.1, 0.15) is 0 Å². The maximum absolute atomic E-state index is 5.24. The number of fused-ring (bicyclic) bond motifs is 7. The van der Waals surface area contributed by atoms with E-state index in [1.807, 2.05) is 29.5 Å². The van der Waals surface area contributed by atoms with Crippen LogP contribution in [0.4, 0.5) is 0 Å². The summed E-state index contributed by atoms with van der Waals surface area (Å²) in [7, 11) is 0. The van der Waals surface area contributed by atoms with Crippen molar-refractivity contribution in [3.05, 3.63) is 187 Å². The molecule has 0 atom stereocenters. The third kappa shape index (κ3) is 5.14. The van der Waals surface area contributed by atoms with E-state index in [0.717, 1.165) is 28.5 Å². The van der Waals surface area contributed by atoms with Gasteiger partial charge in [0.05, 0.1) is 0 Å². The Morgan fingerprint density at radius 1 is 0.370 bits per heavy atom. The van der Waals surface area contributed by atoms with Gasteiger partial charge < -0.3 is 0 Å². The fraction of sp³-hybridized carbons (Fsp3) is 0.0200. The quantitative estimate of drug-likeness (QED) is 0.179. The lowest BCUT2D eigenvalue weighted by atomic mass is 9.96. The maximum Gasteiger partial charge on any atom is 0.164 e. The van der Waals surface area contributed by atoms with Crippen molar-refractivity contribution in [2.75, 3.05) is 0 Å². The van der Waals surface area contributed by atoms with Gasteiger partial charge in [0, 0.05) is 36.9 Å². The lowest BCUT2D eigenvalue weighted by Gasteiger charge is -2.13. The van der Waals surface area contributed by atoms with Crippen LogP contribution in [0.5, 0.6) is 0 Å². The van der Waals surface area contributed by atoms with Crippen molar-refractivity contribution < 1.29 is 0 Å². The van der Waals surface area contributed by atoms with Crippen LogP contribution in [0.1, 0.15) is 11.1 Å². The summed E-state index contributed by atoms with van der Waals surface area (Å²) >= 11 is 1.88. The van der Waals surface area contributed by atoms with E-state index < -0.39 is 0 Å². The van der Waals surface area contributed by atoms with E-state index in [9.17, 15) is 0 Å². The van der Waals surface area contributed by atoms with E-state index in [0.29, 0.717) is 17.5 Å². The van der Waals surface area contributed by atoms with Crippen LogP contribution in [-0.2, 0) is 6.42 Å². The zero-order chi connectivity index (χ0) is 35.6. The first-order valence-corrected chi connectivity index (χ1v) is 19.1. The second kappa shape index (κ2) is 12.4. The number of nitrogens with zero attached hydrogens (tertiary/aromatic N) is 3. The van der Waals surface area contributed by atoms with E-state index in [2.05, 4.69) is 158 Å². The van der Waals surface area contributed by atoms with E-state index >= 15 is 0 Å². The molecule has 1 aliphatic carbocycles. The molecular formula is C50H31N3S. The Balaban J connectivity index is 1.04. The Bertz CT molecular complexity index is 3070. The van der Waals surface area contributed by atoms with Crippen LogP contribution in [0.15, 0.2) is 176 Å². The summed E-state index contributed by atoms with van der Waals surface area (Å²) in [5.41, 5.74) is 12.9. The van der Waals surface area contributed by atoms with Crippen LogP contribution in [0.25, 0.3) is 98.5 Å². The predicted octanol–water partition coefficient (Wildman–Crippen LogP) is 13.3. The fourth-order valence-corrected chi connectivity index (χ4v) is 9.36. The first-order valence-electron chi connectivity index (χ1n) is 18.3. The van der Waals surface area contributed by atoms with Crippen LogP contribution in [-0.4, -0.2) is 15.0 Å². The van der Waals surface area contributed by atoms with Crippen LogP contribution < -0.4 is 0 Å². The molecular weight excluding hydrogens is 675 g/mol. The van der Waals surface area contributed by atoms with Crippen molar-refractivity contribution in [3.8, 4) is 67.5 Å². The zero-order valence-corrected chi connectivity index (χ0v) is 30.0. The summed E-state index contributed by atoms with van der Waals surface area (Å²) in [4.78, 5) is 15.5. The van der Waals surface area contributed by atoms with Gasteiger partial charge in [-0.1, -0.05) is 158 Å². The van der Waals surface area contributed by atoms with Crippen LogP contribution in [0.2, 0.25) is 0 Å². The van der Waals surface area contributed by atoms with Gasteiger partial charge in [0.15, 0.2) is 17.5 Å². The molecule has 0 unspecified atom stereocenters. The molecule has 2 aromatic heterocycles. The Hall–Kier alpha value is -6.75. The molecule has 0 radical (unpaired) electrons. The molecule has 0 fully saturated rings. The molecule has 252 valence electrons. The number of thiophene rings is 1. The lowest BCUT2D eigenvalue weighted by molar-refractivity contribution is 1.07. The summed E-state index contributed by atoms with van der Waals surface area (Å²) in [6.07, 6.45) is 0.868. The molecule has 0 bridgehead atoms. The van der Waals surface area contributed by atoms with E-state index in [1.54, 1.807) is 0 Å². The smallest absolute Gasteiger partial charge is 0.164 e. The maximum atomic E-state index is 5.24. The number of hydrogen-bond acceptors (Lipinski definition) is 4. The van der Waals surface area contributed by atoms with Gasteiger partial charge in [0.25, 0.3) is 0 Å². The monoisotopic (exact) mass is 705 g/mol. The zero-order valence-electron chi connectivity index (χ0n) is 29.2. The van der Waals surface area contributed by atoms with Crippen LogP contribution >= 0.6 is 11.3 Å². The normalized spacial score (nSPS) is 12.0. The second-order valence-electron chi connectivity index (χ2n) is 14.0. The predicted molar refractivity (Wildman–Crippen MR) is 226 cm³/mol. The SMILES string of the molecule is c1ccc(-c2ccc3ccc(-c4nc(-c5ccccc5)nc(-c5cccc6c5-c5ccc(-c7cccc8c7sc7ccccc78)cc5C6)n4)cc3c2)cc1. The Morgan fingerprint density at radius 3 is 1.87 bits per heavy atom. The molecule has 0 spiro atoms. The first kappa shape index (κ1) is 30.8. The summed E-state index contributed by atoms with van der Waals surface area (Å²) in [5.74, 6) is 2.01. The van der Waals surface area contributed by atoms with Gasteiger partial charge in [-0.25, -0.2) is 15.0 Å². The molecule has 1 aliphatic rings. The van der Waals surface area contributed by atoms with Crippen LogP contribution in [0.3, 0.4) is 0 Å². The van der Waals surface area contributed by atoms with Crippen molar-refractivity contribution in [1.82, 2.24) is 15.0 Å². The summed E-state index contributed by atoms with van der Waals surface area (Å²) in [5, 5.41) is 4.97. The molecule has 8 aromatic carbocycles. The lowest BCUT2D eigenvalue weighted by Crippen LogP contribution is -2.01. The summed E-state index contributed by atoms with van der Waals surface area (Å²) < 4.78 is 2.66. The first-order chi connectivity index (χ1) is 26.7.